The van der Waals surface area contributed by atoms with E-state index in [9.17, 15) is 0 Å². The molecule has 0 aromatic heterocycles. The topological polar surface area (TPSA) is 21.7 Å². The van der Waals surface area contributed by atoms with Crippen LogP contribution >= 0.6 is 0 Å². The van der Waals surface area contributed by atoms with Gasteiger partial charge in [0.15, 0.2) is 0 Å². The van der Waals surface area contributed by atoms with Crippen molar-refractivity contribution in [3.63, 3.8) is 0 Å². The van der Waals surface area contributed by atoms with Crippen LogP contribution in [0.5, 0.6) is 0 Å². The fourth-order valence-electron chi connectivity index (χ4n) is 3.54. The lowest BCUT2D eigenvalue weighted by Crippen LogP contribution is -2.29. The Morgan fingerprint density at radius 1 is 0.944 bits per heavy atom. The molecule has 0 atom stereocenters. The summed E-state index contributed by atoms with van der Waals surface area (Å²) < 4.78 is 10.5. The summed E-state index contributed by atoms with van der Waals surface area (Å²) in [5, 5.41) is 0. The summed E-state index contributed by atoms with van der Waals surface area (Å²) in [5.74, 6) is 0. The highest BCUT2D eigenvalue weighted by molar-refractivity contribution is 4.90. The fraction of sp³-hybridized carbons (Fsp3) is 1.00. The van der Waals surface area contributed by atoms with Crippen LogP contribution in [0.25, 0.3) is 0 Å². The molecule has 2 aliphatic rings. The first-order valence-corrected chi connectivity index (χ1v) is 7.64. The number of ether oxygens (including phenoxy) is 2. The Bertz CT molecular complexity index is 225. The second-order valence-electron chi connectivity index (χ2n) is 6.05. The van der Waals surface area contributed by atoms with Crippen molar-refractivity contribution < 1.29 is 9.47 Å². The maximum atomic E-state index is 5.57. The van der Waals surface area contributed by atoms with Crippen molar-refractivity contribution in [2.24, 2.45) is 5.41 Å². The first-order chi connectivity index (χ1) is 8.85. The molecule has 1 heterocycles. The molecule has 0 bridgehead atoms. The number of hydrogen-bond donors (Lipinski definition) is 0. The van der Waals surface area contributed by atoms with Crippen LogP contribution in [0.15, 0.2) is 0 Å². The average molecular weight is 255 g/mol. The predicted octanol–water partition coefficient (Wildman–Crippen LogP) is 2.70. The van der Waals surface area contributed by atoms with Crippen molar-refractivity contribution in [3.8, 4) is 0 Å². The van der Waals surface area contributed by atoms with Crippen LogP contribution in [0.4, 0.5) is 0 Å². The maximum Gasteiger partial charge on any atom is 0.0700 e. The zero-order chi connectivity index (χ0) is 12.7. The molecular weight excluding hydrogens is 226 g/mol. The Morgan fingerprint density at radius 3 is 2.44 bits per heavy atom. The van der Waals surface area contributed by atoms with E-state index in [0.29, 0.717) is 12.0 Å². The summed E-state index contributed by atoms with van der Waals surface area (Å²) in [5.41, 5.74) is 0.670. The van der Waals surface area contributed by atoms with E-state index < -0.39 is 0 Å². The van der Waals surface area contributed by atoms with Gasteiger partial charge in [0.25, 0.3) is 0 Å². The second kappa shape index (κ2) is 7.46. The molecule has 3 heteroatoms. The molecule has 18 heavy (non-hydrogen) atoms. The molecule has 0 aromatic rings. The molecule has 0 amide bonds. The third-order valence-corrected chi connectivity index (χ3v) is 4.67. The molecular formula is C15H29NO2. The fourth-order valence-corrected chi connectivity index (χ4v) is 3.54. The zero-order valence-electron chi connectivity index (χ0n) is 12.0. The lowest BCUT2D eigenvalue weighted by molar-refractivity contribution is 0.0584. The van der Waals surface area contributed by atoms with Gasteiger partial charge >= 0.3 is 0 Å². The molecule has 1 spiro atoms. The van der Waals surface area contributed by atoms with Crippen molar-refractivity contribution in [3.05, 3.63) is 0 Å². The van der Waals surface area contributed by atoms with Crippen LogP contribution in [-0.2, 0) is 9.47 Å². The van der Waals surface area contributed by atoms with Crippen LogP contribution in [0, 0.1) is 5.41 Å². The number of hydrogen-bond acceptors (Lipinski definition) is 3. The van der Waals surface area contributed by atoms with Gasteiger partial charge in [-0.15, -0.1) is 0 Å². The van der Waals surface area contributed by atoms with Gasteiger partial charge in [-0.3, -0.25) is 0 Å². The van der Waals surface area contributed by atoms with Gasteiger partial charge in [-0.25, -0.2) is 0 Å². The van der Waals surface area contributed by atoms with Gasteiger partial charge in [0.1, 0.15) is 0 Å². The van der Waals surface area contributed by atoms with Crippen LogP contribution in [0.2, 0.25) is 0 Å². The predicted molar refractivity (Wildman–Crippen MR) is 73.9 cm³/mol. The summed E-state index contributed by atoms with van der Waals surface area (Å²) in [4.78, 5) is 2.61. The van der Waals surface area contributed by atoms with Gasteiger partial charge in [0.05, 0.1) is 19.8 Å². The maximum absolute atomic E-state index is 5.57. The number of nitrogens with zero attached hydrogens (tertiary/aromatic N) is 1. The van der Waals surface area contributed by atoms with Crippen molar-refractivity contribution in [2.75, 3.05) is 46.6 Å². The van der Waals surface area contributed by atoms with E-state index in [1.165, 1.54) is 58.0 Å². The lowest BCUT2D eigenvalue weighted by Gasteiger charge is -2.28. The minimum atomic E-state index is 0.670. The van der Waals surface area contributed by atoms with E-state index in [1.54, 1.807) is 7.11 Å². The Balaban J connectivity index is 1.64. The summed E-state index contributed by atoms with van der Waals surface area (Å²) in [6.07, 6.45) is 10.2. The van der Waals surface area contributed by atoms with Crippen LogP contribution in [0.3, 0.4) is 0 Å². The molecule has 0 unspecified atom stereocenters. The molecule has 0 radical (unpaired) electrons. The third kappa shape index (κ3) is 4.22. The first-order valence-electron chi connectivity index (χ1n) is 7.64. The van der Waals surface area contributed by atoms with Gasteiger partial charge < -0.3 is 14.4 Å². The highest BCUT2D eigenvalue weighted by Gasteiger charge is 2.37. The van der Waals surface area contributed by atoms with Crippen molar-refractivity contribution >= 4 is 0 Å². The monoisotopic (exact) mass is 255 g/mol. The summed E-state index contributed by atoms with van der Waals surface area (Å²) >= 11 is 0. The lowest BCUT2D eigenvalue weighted by atomic mass is 9.80. The minimum absolute atomic E-state index is 0.670. The van der Waals surface area contributed by atoms with E-state index in [2.05, 4.69) is 4.90 Å². The standard InChI is InChI=1S/C15H29NO2/c1-17-12-13-18-11-10-16-9-8-15(14-16)6-4-2-3-5-7-15/h2-14H2,1H3. The molecule has 106 valence electrons. The average Bonchev–Trinajstić information content (AvgIpc) is 2.62. The van der Waals surface area contributed by atoms with Crippen LogP contribution < -0.4 is 0 Å². The number of rotatable bonds is 6. The van der Waals surface area contributed by atoms with E-state index >= 15 is 0 Å². The van der Waals surface area contributed by atoms with Crippen molar-refractivity contribution in [2.45, 2.75) is 44.9 Å². The van der Waals surface area contributed by atoms with Gasteiger partial charge in [0, 0.05) is 20.2 Å². The molecule has 1 aliphatic heterocycles. The van der Waals surface area contributed by atoms with E-state index in [-0.39, 0.29) is 0 Å². The number of methoxy groups -OCH3 is 1. The van der Waals surface area contributed by atoms with Crippen LogP contribution in [0.1, 0.15) is 44.9 Å². The molecule has 1 saturated heterocycles. The Morgan fingerprint density at radius 2 is 1.72 bits per heavy atom. The van der Waals surface area contributed by atoms with E-state index in [1.807, 2.05) is 0 Å². The molecule has 3 nitrogen and oxygen atoms in total. The quantitative estimate of drug-likeness (QED) is 0.681. The van der Waals surface area contributed by atoms with Crippen molar-refractivity contribution in [1.29, 1.82) is 0 Å². The Kier molecular flexibility index (Phi) is 5.93. The zero-order valence-corrected chi connectivity index (χ0v) is 12.0. The Hall–Kier alpha value is -0.120. The van der Waals surface area contributed by atoms with E-state index in [4.69, 9.17) is 9.47 Å². The molecule has 2 fully saturated rings. The first kappa shape index (κ1) is 14.3. The highest BCUT2D eigenvalue weighted by Crippen LogP contribution is 2.42. The minimum Gasteiger partial charge on any atom is -0.382 e. The van der Waals surface area contributed by atoms with Crippen molar-refractivity contribution in [1.82, 2.24) is 4.90 Å². The molecule has 1 saturated carbocycles. The highest BCUT2D eigenvalue weighted by atomic mass is 16.5. The molecule has 1 aliphatic carbocycles. The van der Waals surface area contributed by atoms with E-state index in [0.717, 1.165) is 19.8 Å². The summed E-state index contributed by atoms with van der Waals surface area (Å²) in [7, 11) is 1.72. The largest absolute Gasteiger partial charge is 0.382 e. The second-order valence-corrected chi connectivity index (χ2v) is 6.05. The smallest absolute Gasteiger partial charge is 0.0700 e. The molecule has 0 aromatic carbocycles. The third-order valence-electron chi connectivity index (χ3n) is 4.67. The van der Waals surface area contributed by atoms with Crippen LogP contribution in [-0.4, -0.2) is 51.5 Å². The summed E-state index contributed by atoms with van der Waals surface area (Å²) in [6.45, 7) is 6.01. The molecule has 0 N–H and O–H groups in total. The normalized spacial score (nSPS) is 24.5. The van der Waals surface area contributed by atoms with Gasteiger partial charge in [-0.1, -0.05) is 25.7 Å². The number of likely N-dealkylation sites (tertiary alicyclic amines) is 1. The van der Waals surface area contributed by atoms with Gasteiger partial charge in [0.2, 0.25) is 0 Å². The van der Waals surface area contributed by atoms with Gasteiger partial charge in [-0.05, 0) is 31.2 Å². The molecule has 2 rings (SSSR count). The summed E-state index contributed by atoms with van der Waals surface area (Å²) in [6, 6.07) is 0. The van der Waals surface area contributed by atoms with Gasteiger partial charge in [-0.2, -0.15) is 0 Å². The Labute approximate surface area is 112 Å². The SMILES string of the molecule is COCCOCCN1CCC2(CCCCCC2)C1.